The number of halogens is 1. The van der Waals surface area contributed by atoms with Gasteiger partial charge < -0.3 is 5.32 Å². The van der Waals surface area contributed by atoms with Gasteiger partial charge in [-0.05, 0) is 30.7 Å². The minimum atomic E-state index is -0.507. The number of benzene rings is 1. The Hall–Kier alpha value is -1.62. The maximum atomic E-state index is 11.9. The summed E-state index contributed by atoms with van der Waals surface area (Å²) in [6.45, 7) is 0.585. The zero-order valence-electron chi connectivity index (χ0n) is 10.4. The first-order valence-electron chi connectivity index (χ1n) is 6.15. The van der Waals surface area contributed by atoms with Crippen molar-refractivity contribution in [3.63, 3.8) is 0 Å². The summed E-state index contributed by atoms with van der Waals surface area (Å²) in [4.78, 5) is 22.1. The largest absolute Gasteiger partial charge is 0.351 e. The monoisotopic (exact) mass is 282 g/mol. The number of carbonyl (C=O) groups is 1. The summed E-state index contributed by atoms with van der Waals surface area (Å²) in [7, 11) is 0. The van der Waals surface area contributed by atoms with E-state index in [1.54, 1.807) is 6.07 Å². The SMILES string of the molecule is O=C(NCC1(CCCl)CC1)c1cccc([N+](=O)[O-])c1. The van der Waals surface area contributed by atoms with Crippen LogP contribution in [0.5, 0.6) is 0 Å². The number of nitrogens with zero attached hydrogens (tertiary/aromatic N) is 1. The van der Waals surface area contributed by atoms with E-state index in [1.807, 2.05) is 0 Å². The van der Waals surface area contributed by atoms with Gasteiger partial charge in [-0.15, -0.1) is 11.6 Å². The highest BCUT2D eigenvalue weighted by atomic mass is 35.5. The second-order valence-electron chi connectivity index (χ2n) is 4.93. The van der Waals surface area contributed by atoms with Gasteiger partial charge in [0.2, 0.25) is 0 Å². The molecule has 1 fully saturated rings. The van der Waals surface area contributed by atoms with E-state index < -0.39 is 4.92 Å². The third-order valence-electron chi connectivity index (χ3n) is 3.53. The lowest BCUT2D eigenvalue weighted by molar-refractivity contribution is -0.384. The van der Waals surface area contributed by atoms with Gasteiger partial charge in [-0.3, -0.25) is 14.9 Å². The molecule has 1 saturated carbocycles. The Kier molecular flexibility index (Phi) is 4.04. The number of alkyl halides is 1. The topological polar surface area (TPSA) is 72.2 Å². The van der Waals surface area contributed by atoms with Crippen LogP contribution in [0.25, 0.3) is 0 Å². The Labute approximate surface area is 116 Å². The van der Waals surface area contributed by atoms with Gasteiger partial charge in [0.05, 0.1) is 4.92 Å². The van der Waals surface area contributed by atoms with E-state index in [1.165, 1.54) is 18.2 Å². The Morgan fingerprint density at radius 2 is 2.21 bits per heavy atom. The number of non-ortho nitro benzene ring substituents is 1. The van der Waals surface area contributed by atoms with Crippen LogP contribution in [-0.4, -0.2) is 23.3 Å². The van der Waals surface area contributed by atoms with Crippen LogP contribution in [0.1, 0.15) is 29.6 Å². The maximum absolute atomic E-state index is 11.9. The summed E-state index contributed by atoms with van der Waals surface area (Å²) in [6, 6.07) is 5.74. The number of nitrogens with one attached hydrogen (secondary N) is 1. The average Bonchev–Trinajstić information content (AvgIpc) is 3.17. The highest BCUT2D eigenvalue weighted by Gasteiger charge is 2.41. The van der Waals surface area contributed by atoms with E-state index in [0.29, 0.717) is 18.0 Å². The first-order chi connectivity index (χ1) is 9.06. The second-order valence-corrected chi connectivity index (χ2v) is 5.31. The quantitative estimate of drug-likeness (QED) is 0.495. The minimum absolute atomic E-state index is 0.0745. The highest BCUT2D eigenvalue weighted by molar-refractivity contribution is 6.17. The van der Waals surface area contributed by atoms with Gasteiger partial charge in [-0.1, -0.05) is 6.07 Å². The molecule has 0 aliphatic heterocycles. The van der Waals surface area contributed by atoms with Gasteiger partial charge in [0.25, 0.3) is 11.6 Å². The summed E-state index contributed by atoms with van der Waals surface area (Å²) < 4.78 is 0. The van der Waals surface area contributed by atoms with Crippen molar-refractivity contribution >= 4 is 23.2 Å². The molecule has 1 amide bonds. The Morgan fingerprint density at radius 1 is 1.47 bits per heavy atom. The molecule has 1 N–H and O–H groups in total. The Bertz CT molecular complexity index is 500. The molecule has 1 aliphatic carbocycles. The number of hydrogen-bond donors (Lipinski definition) is 1. The fourth-order valence-corrected chi connectivity index (χ4v) is 2.42. The van der Waals surface area contributed by atoms with Crippen LogP contribution in [0.3, 0.4) is 0 Å². The predicted octanol–water partition coefficient (Wildman–Crippen LogP) is 2.73. The van der Waals surface area contributed by atoms with E-state index in [0.717, 1.165) is 19.3 Å². The van der Waals surface area contributed by atoms with Crippen LogP contribution < -0.4 is 5.32 Å². The lowest BCUT2D eigenvalue weighted by Gasteiger charge is -2.14. The van der Waals surface area contributed by atoms with E-state index in [9.17, 15) is 14.9 Å². The average molecular weight is 283 g/mol. The van der Waals surface area contributed by atoms with Crippen LogP contribution in [0.15, 0.2) is 24.3 Å². The Balaban J connectivity index is 1.96. The molecule has 6 heteroatoms. The molecule has 1 aliphatic rings. The van der Waals surface area contributed by atoms with Crippen molar-refractivity contribution in [2.45, 2.75) is 19.3 Å². The molecule has 1 aromatic rings. The van der Waals surface area contributed by atoms with E-state index in [2.05, 4.69) is 5.32 Å². The van der Waals surface area contributed by atoms with Gasteiger partial charge in [-0.25, -0.2) is 0 Å². The highest BCUT2D eigenvalue weighted by Crippen LogP contribution is 2.48. The molecule has 102 valence electrons. The van der Waals surface area contributed by atoms with E-state index in [4.69, 9.17) is 11.6 Å². The molecule has 19 heavy (non-hydrogen) atoms. The fourth-order valence-electron chi connectivity index (χ4n) is 2.02. The van der Waals surface area contributed by atoms with Crippen LogP contribution in [-0.2, 0) is 0 Å². The fraction of sp³-hybridized carbons (Fsp3) is 0.462. The van der Waals surface area contributed by atoms with Crippen LogP contribution >= 0.6 is 11.6 Å². The first-order valence-corrected chi connectivity index (χ1v) is 6.68. The summed E-state index contributed by atoms with van der Waals surface area (Å²) in [5, 5.41) is 13.5. The maximum Gasteiger partial charge on any atom is 0.270 e. The van der Waals surface area contributed by atoms with Gasteiger partial charge in [0.15, 0.2) is 0 Å². The molecule has 0 atom stereocenters. The lowest BCUT2D eigenvalue weighted by Crippen LogP contribution is -2.30. The molecule has 2 rings (SSSR count). The molecule has 0 radical (unpaired) electrons. The van der Waals surface area contributed by atoms with Crippen molar-refractivity contribution in [2.24, 2.45) is 5.41 Å². The predicted molar refractivity (Wildman–Crippen MR) is 72.4 cm³/mol. The smallest absolute Gasteiger partial charge is 0.270 e. The van der Waals surface area contributed by atoms with Crippen molar-refractivity contribution in [1.82, 2.24) is 5.32 Å². The molecular formula is C13H15ClN2O3. The first kappa shape index (κ1) is 13.8. The van der Waals surface area contributed by atoms with Gasteiger partial charge in [0, 0.05) is 30.1 Å². The third kappa shape index (κ3) is 3.44. The van der Waals surface area contributed by atoms with Gasteiger partial charge in [0.1, 0.15) is 0 Å². The van der Waals surface area contributed by atoms with Crippen molar-refractivity contribution in [1.29, 1.82) is 0 Å². The summed E-state index contributed by atoms with van der Waals surface area (Å²) >= 11 is 5.73. The van der Waals surface area contributed by atoms with Crippen molar-refractivity contribution in [3.8, 4) is 0 Å². The molecule has 0 heterocycles. The van der Waals surface area contributed by atoms with Crippen molar-refractivity contribution in [2.75, 3.05) is 12.4 Å². The second kappa shape index (κ2) is 5.57. The number of amides is 1. The van der Waals surface area contributed by atoms with Crippen LogP contribution in [0.2, 0.25) is 0 Å². The van der Waals surface area contributed by atoms with E-state index in [-0.39, 0.29) is 17.0 Å². The summed E-state index contributed by atoms with van der Waals surface area (Å²) in [5.41, 5.74) is 0.392. The standard InChI is InChI=1S/C13H15ClN2O3/c14-7-6-13(4-5-13)9-15-12(17)10-2-1-3-11(8-10)16(18)19/h1-3,8H,4-7,9H2,(H,15,17). The van der Waals surface area contributed by atoms with E-state index >= 15 is 0 Å². The zero-order chi connectivity index (χ0) is 13.9. The van der Waals surface area contributed by atoms with Crippen LogP contribution in [0.4, 0.5) is 5.69 Å². The number of nitro groups is 1. The minimum Gasteiger partial charge on any atom is -0.351 e. The Morgan fingerprint density at radius 3 is 2.79 bits per heavy atom. The molecular weight excluding hydrogens is 268 g/mol. The summed E-state index contributed by atoms with van der Waals surface area (Å²) in [6.07, 6.45) is 3.05. The summed E-state index contributed by atoms with van der Waals surface area (Å²) in [5.74, 6) is 0.316. The molecule has 5 nitrogen and oxygen atoms in total. The number of rotatable bonds is 6. The molecule has 1 aromatic carbocycles. The number of hydrogen-bond acceptors (Lipinski definition) is 3. The third-order valence-corrected chi connectivity index (χ3v) is 3.71. The normalized spacial score (nSPS) is 15.8. The molecule has 0 unspecified atom stereocenters. The zero-order valence-corrected chi connectivity index (χ0v) is 11.2. The molecule has 0 aromatic heterocycles. The van der Waals surface area contributed by atoms with Gasteiger partial charge in [-0.2, -0.15) is 0 Å². The lowest BCUT2D eigenvalue weighted by atomic mass is 10.0. The van der Waals surface area contributed by atoms with Crippen LogP contribution in [0, 0.1) is 15.5 Å². The van der Waals surface area contributed by atoms with Gasteiger partial charge >= 0.3 is 0 Å². The van der Waals surface area contributed by atoms with Crippen molar-refractivity contribution < 1.29 is 9.72 Å². The van der Waals surface area contributed by atoms with Crippen molar-refractivity contribution in [3.05, 3.63) is 39.9 Å². The molecule has 0 bridgehead atoms. The molecule has 0 saturated heterocycles. The molecule has 0 spiro atoms. The number of carbonyl (C=O) groups excluding carboxylic acids is 1. The number of nitro benzene ring substituents is 1.